The van der Waals surface area contributed by atoms with Crippen molar-refractivity contribution in [2.45, 2.75) is 39.7 Å². The van der Waals surface area contributed by atoms with Gasteiger partial charge in [-0.3, -0.25) is 14.9 Å². The van der Waals surface area contributed by atoms with Gasteiger partial charge in [-0.05, 0) is 19.3 Å². The summed E-state index contributed by atoms with van der Waals surface area (Å²) >= 11 is 0. The Balaban J connectivity index is 2.37. The third kappa shape index (κ3) is 1.56. The van der Waals surface area contributed by atoms with Crippen molar-refractivity contribution in [3.05, 3.63) is 0 Å². The number of ether oxygens (including phenoxy) is 1. The molecule has 16 heavy (non-hydrogen) atoms. The third-order valence-corrected chi connectivity index (χ3v) is 4.07. The van der Waals surface area contributed by atoms with E-state index in [9.17, 15) is 9.59 Å². The largest absolute Gasteiger partial charge is 0.378 e. The molecule has 1 spiro atoms. The maximum absolute atomic E-state index is 12.0. The van der Waals surface area contributed by atoms with Crippen LogP contribution in [0.1, 0.15) is 33.6 Å². The van der Waals surface area contributed by atoms with Crippen molar-refractivity contribution in [3.63, 3.8) is 0 Å². The van der Waals surface area contributed by atoms with E-state index in [1.54, 1.807) is 0 Å². The summed E-state index contributed by atoms with van der Waals surface area (Å²) in [5.41, 5.74) is -0.270. The average molecular weight is 225 g/mol. The van der Waals surface area contributed by atoms with Crippen LogP contribution in [0.4, 0.5) is 0 Å². The highest BCUT2D eigenvalue weighted by Gasteiger charge is 2.55. The first-order chi connectivity index (χ1) is 7.47. The molecule has 0 aromatic heterocycles. The Kier molecular flexibility index (Phi) is 2.78. The van der Waals surface area contributed by atoms with Crippen molar-refractivity contribution in [2.24, 2.45) is 17.3 Å². The minimum atomic E-state index is -0.270. The van der Waals surface area contributed by atoms with Crippen LogP contribution >= 0.6 is 0 Å². The van der Waals surface area contributed by atoms with Gasteiger partial charge in [0.15, 0.2) is 0 Å². The van der Waals surface area contributed by atoms with Crippen LogP contribution in [-0.4, -0.2) is 24.5 Å². The number of rotatable bonds is 1. The van der Waals surface area contributed by atoms with E-state index in [-0.39, 0.29) is 35.2 Å². The number of hydrogen-bond acceptors (Lipinski definition) is 3. The highest BCUT2D eigenvalue weighted by molar-refractivity contribution is 6.00. The standard InChI is InChI=1S/C12H19NO3/c1-7(2)10-11(15)13-9(14)6-12(10)4-5-16-8(12)3/h7-8,10H,4-6H2,1-3H3,(H,13,14,15). The van der Waals surface area contributed by atoms with Crippen molar-refractivity contribution in [1.82, 2.24) is 5.32 Å². The summed E-state index contributed by atoms with van der Waals surface area (Å²) in [6.45, 7) is 6.71. The van der Waals surface area contributed by atoms with E-state index >= 15 is 0 Å². The molecule has 1 N–H and O–H groups in total. The maximum atomic E-state index is 12.0. The van der Waals surface area contributed by atoms with Crippen molar-refractivity contribution in [1.29, 1.82) is 0 Å². The number of carbonyl (C=O) groups is 2. The van der Waals surface area contributed by atoms with Gasteiger partial charge in [0.2, 0.25) is 11.8 Å². The zero-order valence-corrected chi connectivity index (χ0v) is 10.1. The Morgan fingerprint density at radius 1 is 1.44 bits per heavy atom. The summed E-state index contributed by atoms with van der Waals surface area (Å²) in [6.07, 6.45) is 1.23. The van der Waals surface area contributed by atoms with E-state index in [0.717, 1.165) is 6.42 Å². The van der Waals surface area contributed by atoms with E-state index in [1.807, 2.05) is 20.8 Å². The van der Waals surface area contributed by atoms with Gasteiger partial charge in [-0.2, -0.15) is 0 Å². The fourth-order valence-electron chi connectivity index (χ4n) is 3.33. The molecule has 2 amide bonds. The summed E-state index contributed by atoms with van der Waals surface area (Å²) in [7, 11) is 0. The first kappa shape index (κ1) is 11.6. The van der Waals surface area contributed by atoms with Crippen molar-refractivity contribution >= 4 is 11.8 Å². The highest BCUT2D eigenvalue weighted by atomic mass is 16.5. The van der Waals surface area contributed by atoms with Crippen LogP contribution in [0.15, 0.2) is 0 Å². The lowest BCUT2D eigenvalue weighted by Gasteiger charge is -2.43. The number of amides is 2. The minimum absolute atomic E-state index is 0.00472. The van der Waals surface area contributed by atoms with Gasteiger partial charge in [0.05, 0.1) is 6.10 Å². The number of carbonyl (C=O) groups excluding carboxylic acids is 2. The Labute approximate surface area is 95.7 Å². The Hall–Kier alpha value is -0.900. The molecular formula is C12H19NO3. The molecule has 3 unspecified atom stereocenters. The van der Waals surface area contributed by atoms with E-state index in [4.69, 9.17) is 4.74 Å². The smallest absolute Gasteiger partial charge is 0.230 e. The van der Waals surface area contributed by atoms with Crippen LogP contribution in [0, 0.1) is 17.3 Å². The second-order valence-corrected chi connectivity index (χ2v) is 5.31. The normalized spacial score (nSPS) is 39.5. The number of piperidine rings is 1. The van der Waals surface area contributed by atoms with E-state index in [1.165, 1.54) is 0 Å². The molecule has 0 saturated carbocycles. The lowest BCUT2D eigenvalue weighted by atomic mass is 9.62. The molecule has 2 saturated heterocycles. The Morgan fingerprint density at radius 2 is 2.12 bits per heavy atom. The molecule has 2 aliphatic rings. The molecule has 0 aromatic rings. The molecule has 4 nitrogen and oxygen atoms in total. The van der Waals surface area contributed by atoms with Crippen molar-refractivity contribution < 1.29 is 14.3 Å². The van der Waals surface area contributed by atoms with Gasteiger partial charge in [0.25, 0.3) is 0 Å². The molecular weight excluding hydrogens is 206 g/mol. The van der Waals surface area contributed by atoms with Crippen LogP contribution in [0.25, 0.3) is 0 Å². The predicted molar refractivity (Wildman–Crippen MR) is 58.6 cm³/mol. The number of nitrogens with one attached hydrogen (secondary N) is 1. The number of imide groups is 1. The first-order valence-corrected chi connectivity index (χ1v) is 5.92. The number of hydrogen-bond donors (Lipinski definition) is 1. The van der Waals surface area contributed by atoms with Crippen LogP contribution in [0.2, 0.25) is 0 Å². The van der Waals surface area contributed by atoms with Gasteiger partial charge < -0.3 is 4.74 Å². The third-order valence-electron chi connectivity index (χ3n) is 4.07. The van der Waals surface area contributed by atoms with E-state index in [2.05, 4.69) is 5.32 Å². The lowest BCUT2D eigenvalue weighted by molar-refractivity contribution is -0.148. The topological polar surface area (TPSA) is 55.4 Å². The van der Waals surface area contributed by atoms with E-state index in [0.29, 0.717) is 13.0 Å². The van der Waals surface area contributed by atoms with Gasteiger partial charge in [-0.1, -0.05) is 13.8 Å². The monoisotopic (exact) mass is 225 g/mol. The molecule has 2 fully saturated rings. The van der Waals surface area contributed by atoms with Gasteiger partial charge >= 0.3 is 0 Å². The molecule has 90 valence electrons. The zero-order chi connectivity index (χ0) is 11.9. The van der Waals surface area contributed by atoms with Gasteiger partial charge in [0, 0.05) is 24.4 Å². The molecule has 2 rings (SSSR count). The molecule has 2 heterocycles. The lowest BCUT2D eigenvalue weighted by Crippen LogP contribution is -2.56. The molecule has 3 atom stereocenters. The molecule has 0 aliphatic carbocycles. The summed E-state index contributed by atoms with van der Waals surface area (Å²) < 4.78 is 5.59. The van der Waals surface area contributed by atoms with Crippen LogP contribution < -0.4 is 5.32 Å². The quantitative estimate of drug-likeness (QED) is 0.680. The van der Waals surface area contributed by atoms with Crippen molar-refractivity contribution in [3.8, 4) is 0 Å². The summed E-state index contributed by atoms with van der Waals surface area (Å²) in [5, 5.41) is 2.45. The van der Waals surface area contributed by atoms with Gasteiger partial charge in [-0.15, -0.1) is 0 Å². The molecule has 0 bridgehead atoms. The van der Waals surface area contributed by atoms with Crippen LogP contribution in [-0.2, 0) is 14.3 Å². The average Bonchev–Trinajstić information content (AvgIpc) is 2.45. The summed E-state index contributed by atoms with van der Waals surface area (Å²) in [5.74, 6) is -0.150. The second kappa shape index (κ2) is 3.84. The SMILES string of the molecule is CC(C)C1C(=O)NC(=O)CC12CCOC2C. The summed E-state index contributed by atoms with van der Waals surface area (Å²) in [4.78, 5) is 23.5. The fraction of sp³-hybridized carbons (Fsp3) is 0.833. The highest BCUT2D eigenvalue weighted by Crippen LogP contribution is 2.49. The van der Waals surface area contributed by atoms with Gasteiger partial charge in [0.1, 0.15) is 0 Å². The fourth-order valence-corrected chi connectivity index (χ4v) is 3.33. The maximum Gasteiger partial charge on any atom is 0.230 e. The molecule has 0 aromatic carbocycles. The van der Waals surface area contributed by atoms with Crippen molar-refractivity contribution in [2.75, 3.05) is 6.61 Å². The van der Waals surface area contributed by atoms with Crippen LogP contribution in [0.5, 0.6) is 0 Å². The zero-order valence-electron chi connectivity index (χ0n) is 10.1. The van der Waals surface area contributed by atoms with Crippen LogP contribution in [0.3, 0.4) is 0 Å². The molecule has 4 heteroatoms. The Bertz CT molecular complexity index is 326. The van der Waals surface area contributed by atoms with Gasteiger partial charge in [-0.25, -0.2) is 0 Å². The minimum Gasteiger partial charge on any atom is -0.378 e. The second-order valence-electron chi connectivity index (χ2n) is 5.31. The summed E-state index contributed by atoms with van der Waals surface area (Å²) in [6, 6.07) is 0. The predicted octanol–water partition coefficient (Wildman–Crippen LogP) is 1.10. The van der Waals surface area contributed by atoms with E-state index < -0.39 is 0 Å². The first-order valence-electron chi connectivity index (χ1n) is 5.92. The molecule has 2 aliphatic heterocycles. The Morgan fingerprint density at radius 3 is 2.62 bits per heavy atom. The molecule has 0 radical (unpaired) electrons.